The second-order valence-electron chi connectivity index (χ2n) is 11.0. The summed E-state index contributed by atoms with van der Waals surface area (Å²) in [4.78, 5) is 4.51. The summed E-state index contributed by atoms with van der Waals surface area (Å²) in [6.45, 7) is 0. The number of hydrogen-bond donors (Lipinski definition) is 2. The summed E-state index contributed by atoms with van der Waals surface area (Å²) >= 11 is 0. The zero-order valence-electron chi connectivity index (χ0n) is 23.8. The molecule has 8 rings (SSSR count). The summed E-state index contributed by atoms with van der Waals surface area (Å²) in [5.41, 5.74) is 14.1. The Morgan fingerprint density at radius 1 is 0.545 bits per heavy atom. The van der Waals surface area contributed by atoms with Crippen LogP contribution in [0.5, 0.6) is 0 Å². The van der Waals surface area contributed by atoms with Crippen molar-refractivity contribution >= 4 is 55.2 Å². The Morgan fingerprint density at radius 2 is 1.20 bits per heavy atom. The van der Waals surface area contributed by atoms with E-state index in [2.05, 4.69) is 108 Å². The van der Waals surface area contributed by atoms with E-state index in [0.29, 0.717) is 5.84 Å². The molecule has 0 unspecified atom stereocenters. The minimum atomic E-state index is 0.131. The Bertz CT molecular complexity index is 2400. The van der Waals surface area contributed by atoms with Crippen LogP contribution in [0, 0.1) is 5.41 Å². The standard InChI is InChI=1S/C40H27N3O/c41-39(28-9-2-1-3-10-28)43-40(42)35-23-30-12-5-4-11-29(30)22-34(35)27-16-14-25(15-17-27)31-18-20-33-37(24-31)44-36-21-19-26-8-6-7-13-32(26)38(33)36/h1-24H,(H3,41,42,43). The fourth-order valence-corrected chi connectivity index (χ4v) is 6.10. The van der Waals surface area contributed by atoms with Crippen molar-refractivity contribution in [3.05, 3.63) is 157 Å². The van der Waals surface area contributed by atoms with E-state index in [1.807, 2.05) is 42.5 Å². The van der Waals surface area contributed by atoms with Crippen molar-refractivity contribution in [2.24, 2.45) is 10.7 Å². The zero-order valence-corrected chi connectivity index (χ0v) is 23.8. The quantitative estimate of drug-likeness (QED) is 0.165. The smallest absolute Gasteiger partial charge is 0.154 e. The van der Waals surface area contributed by atoms with Gasteiger partial charge < -0.3 is 10.2 Å². The molecule has 44 heavy (non-hydrogen) atoms. The van der Waals surface area contributed by atoms with Gasteiger partial charge in [-0.25, -0.2) is 4.99 Å². The number of aliphatic imine (C=N–C) groups is 1. The van der Waals surface area contributed by atoms with E-state index >= 15 is 0 Å². The second kappa shape index (κ2) is 10.4. The van der Waals surface area contributed by atoms with Crippen LogP contribution >= 0.6 is 0 Å². The first-order valence-electron chi connectivity index (χ1n) is 14.6. The van der Waals surface area contributed by atoms with Crippen LogP contribution in [0.25, 0.3) is 65.7 Å². The van der Waals surface area contributed by atoms with E-state index in [-0.39, 0.29) is 5.84 Å². The third-order valence-corrected chi connectivity index (χ3v) is 8.33. The average molecular weight is 566 g/mol. The molecule has 0 saturated heterocycles. The van der Waals surface area contributed by atoms with E-state index in [1.165, 1.54) is 10.8 Å². The molecule has 3 N–H and O–H groups in total. The first kappa shape index (κ1) is 25.7. The van der Waals surface area contributed by atoms with E-state index < -0.39 is 0 Å². The highest BCUT2D eigenvalue weighted by Crippen LogP contribution is 2.37. The van der Waals surface area contributed by atoms with Gasteiger partial charge >= 0.3 is 0 Å². The molecule has 7 aromatic carbocycles. The van der Waals surface area contributed by atoms with Crippen LogP contribution in [0.4, 0.5) is 0 Å². The lowest BCUT2D eigenvalue weighted by atomic mass is 9.93. The molecule has 4 heteroatoms. The van der Waals surface area contributed by atoms with Gasteiger partial charge in [0.1, 0.15) is 17.0 Å². The number of nitrogens with zero attached hydrogens (tertiary/aromatic N) is 1. The Morgan fingerprint density at radius 3 is 2.00 bits per heavy atom. The number of benzene rings is 7. The molecule has 8 aromatic rings. The molecule has 0 amide bonds. The van der Waals surface area contributed by atoms with E-state index in [0.717, 1.165) is 66.1 Å². The third kappa shape index (κ3) is 4.41. The maximum absolute atomic E-state index is 8.53. The van der Waals surface area contributed by atoms with Gasteiger partial charge in [-0.3, -0.25) is 5.41 Å². The van der Waals surface area contributed by atoms with Gasteiger partial charge in [0.05, 0.1) is 0 Å². The molecular weight excluding hydrogens is 538 g/mol. The molecular formula is C40H27N3O. The average Bonchev–Trinajstić information content (AvgIpc) is 3.46. The Labute approximate surface area is 254 Å². The van der Waals surface area contributed by atoms with Gasteiger partial charge in [0.2, 0.25) is 0 Å². The minimum absolute atomic E-state index is 0.131. The van der Waals surface area contributed by atoms with Gasteiger partial charge in [-0.2, -0.15) is 0 Å². The highest BCUT2D eigenvalue weighted by Gasteiger charge is 2.14. The number of nitrogens with two attached hydrogens (primary N) is 1. The Kier molecular flexibility index (Phi) is 6.05. The van der Waals surface area contributed by atoms with Gasteiger partial charge in [-0.15, -0.1) is 0 Å². The SMILES string of the molecule is N=C(/N=C(\N)c1cc2ccccc2cc1-c1ccc(-c2ccc3c(c2)oc2ccc4ccccc4c23)cc1)c1ccccc1. The van der Waals surface area contributed by atoms with Crippen molar-refractivity contribution in [1.82, 2.24) is 0 Å². The Hall–Kier alpha value is -6.00. The molecule has 4 nitrogen and oxygen atoms in total. The van der Waals surface area contributed by atoms with Gasteiger partial charge in [-0.1, -0.05) is 115 Å². The van der Waals surface area contributed by atoms with Crippen LogP contribution in [0.1, 0.15) is 11.1 Å². The summed E-state index contributed by atoms with van der Waals surface area (Å²) in [7, 11) is 0. The van der Waals surface area contributed by atoms with Crippen LogP contribution in [0.15, 0.2) is 155 Å². The van der Waals surface area contributed by atoms with E-state index in [1.54, 1.807) is 0 Å². The van der Waals surface area contributed by atoms with Crippen molar-refractivity contribution in [3.8, 4) is 22.3 Å². The number of amidine groups is 2. The maximum Gasteiger partial charge on any atom is 0.154 e. The van der Waals surface area contributed by atoms with Crippen LogP contribution in [0.3, 0.4) is 0 Å². The predicted molar refractivity (Wildman–Crippen MR) is 184 cm³/mol. The molecule has 0 atom stereocenters. The van der Waals surface area contributed by atoms with Gasteiger partial charge in [-0.05, 0) is 74.1 Å². The fourth-order valence-electron chi connectivity index (χ4n) is 6.10. The first-order chi connectivity index (χ1) is 21.6. The lowest BCUT2D eigenvalue weighted by molar-refractivity contribution is 0.669. The number of furan rings is 1. The summed E-state index contributed by atoms with van der Waals surface area (Å²) in [6, 6.07) is 49.4. The molecule has 0 bridgehead atoms. The van der Waals surface area contributed by atoms with Crippen molar-refractivity contribution < 1.29 is 4.42 Å². The zero-order chi connectivity index (χ0) is 29.6. The number of hydrogen-bond acceptors (Lipinski definition) is 2. The molecule has 0 aliphatic carbocycles. The summed E-state index contributed by atoms with van der Waals surface area (Å²) in [5, 5.41) is 15.4. The Balaban J connectivity index is 1.19. The summed E-state index contributed by atoms with van der Waals surface area (Å²) < 4.78 is 6.32. The summed E-state index contributed by atoms with van der Waals surface area (Å²) in [5.74, 6) is 0.443. The summed E-state index contributed by atoms with van der Waals surface area (Å²) in [6.07, 6.45) is 0. The van der Waals surface area contributed by atoms with Crippen LogP contribution < -0.4 is 5.73 Å². The molecule has 0 spiro atoms. The van der Waals surface area contributed by atoms with Crippen molar-refractivity contribution in [3.63, 3.8) is 0 Å². The lowest BCUT2D eigenvalue weighted by Crippen LogP contribution is -2.17. The first-order valence-corrected chi connectivity index (χ1v) is 14.6. The van der Waals surface area contributed by atoms with Gasteiger partial charge in [0.25, 0.3) is 0 Å². The molecule has 1 aromatic heterocycles. The van der Waals surface area contributed by atoms with Crippen LogP contribution in [0.2, 0.25) is 0 Å². The largest absolute Gasteiger partial charge is 0.456 e. The monoisotopic (exact) mass is 565 g/mol. The van der Waals surface area contributed by atoms with E-state index in [4.69, 9.17) is 15.6 Å². The maximum atomic E-state index is 8.53. The highest BCUT2D eigenvalue weighted by atomic mass is 16.3. The minimum Gasteiger partial charge on any atom is -0.456 e. The third-order valence-electron chi connectivity index (χ3n) is 8.33. The molecule has 1 heterocycles. The molecule has 0 radical (unpaired) electrons. The lowest BCUT2D eigenvalue weighted by Gasteiger charge is -2.13. The molecule has 0 aliphatic rings. The fraction of sp³-hybridized carbons (Fsp3) is 0. The van der Waals surface area contributed by atoms with Gasteiger partial charge in [0.15, 0.2) is 5.84 Å². The normalized spacial score (nSPS) is 12.0. The van der Waals surface area contributed by atoms with Crippen molar-refractivity contribution in [2.45, 2.75) is 0 Å². The molecule has 0 aliphatic heterocycles. The van der Waals surface area contributed by atoms with Crippen LogP contribution in [-0.4, -0.2) is 11.7 Å². The topological polar surface area (TPSA) is 75.4 Å². The van der Waals surface area contributed by atoms with Crippen LogP contribution in [-0.2, 0) is 0 Å². The number of rotatable bonds is 4. The highest BCUT2D eigenvalue weighted by molar-refractivity contribution is 6.19. The second-order valence-corrected chi connectivity index (χ2v) is 11.0. The van der Waals surface area contributed by atoms with Crippen molar-refractivity contribution in [2.75, 3.05) is 0 Å². The predicted octanol–water partition coefficient (Wildman–Crippen LogP) is 9.96. The van der Waals surface area contributed by atoms with Crippen molar-refractivity contribution in [1.29, 1.82) is 5.41 Å². The molecule has 0 saturated carbocycles. The van der Waals surface area contributed by atoms with Gasteiger partial charge in [0, 0.05) is 21.9 Å². The molecule has 0 fully saturated rings. The molecule has 208 valence electrons. The number of fused-ring (bicyclic) bond motifs is 6. The van der Waals surface area contributed by atoms with E-state index in [9.17, 15) is 0 Å². The number of nitrogens with one attached hydrogen (secondary N) is 1.